The Balaban J connectivity index is 1.39. The Hall–Kier alpha value is -5.40. The molecule has 1 aliphatic carbocycles. The van der Waals surface area contributed by atoms with Crippen LogP contribution in [0.5, 0.6) is 17.2 Å². The average Bonchev–Trinajstić information content (AvgIpc) is 3.41. The SMILES string of the molecule is COc1ccc(C2(c3ccc(OC)cc3)C=Cc3c4c(c5ccccc5c3O2)-c2ccccc2C4(C)OCCOC(=O)CCC=O)cc1. The Labute approximate surface area is 279 Å². The van der Waals surface area contributed by atoms with Gasteiger partial charge in [0.05, 0.1) is 27.2 Å². The Morgan fingerprint density at radius 2 is 1.42 bits per heavy atom. The van der Waals surface area contributed by atoms with Crippen molar-refractivity contribution in [2.45, 2.75) is 31.0 Å². The maximum atomic E-state index is 12.1. The molecule has 2 aliphatic rings. The highest BCUT2D eigenvalue weighted by molar-refractivity contribution is 6.08. The lowest BCUT2D eigenvalue weighted by molar-refractivity contribution is -0.147. The minimum Gasteiger partial charge on any atom is -0.497 e. The zero-order valence-electron chi connectivity index (χ0n) is 27.2. The van der Waals surface area contributed by atoms with Gasteiger partial charge in [-0.15, -0.1) is 0 Å². The lowest BCUT2D eigenvalue weighted by Gasteiger charge is -2.39. The number of benzene rings is 5. The van der Waals surface area contributed by atoms with Gasteiger partial charge in [-0.3, -0.25) is 4.79 Å². The standard InChI is InChI=1S/C41H36O7/c1-40(47-26-25-46-36(43)13-8-24-42)35-12-7-6-11-33(35)37-31-9-4-5-10-32(31)39-34(38(37)40)22-23-41(48-39,27-14-18-29(44-2)19-15-27)28-16-20-30(45-3)21-17-28/h4-7,9-12,14-24H,8,13,25-26H2,1-3H3. The molecule has 0 bridgehead atoms. The van der Waals surface area contributed by atoms with Crippen molar-refractivity contribution in [3.8, 4) is 28.4 Å². The van der Waals surface area contributed by atoms with E-state index < -0.39 is 17.2 Å². The summed E-state index contributed by atoms with van der Waals surface area (Å²) in [6.45, 7) is 2.32. The topological polar surface area (TPSA) is 80.3 Å². The van der Waals surface area contributed by atoms with Crippen molar-refractivity contribution in [1.29, 1.82) is 0 Å². The summed E-state index contributed by atoms with van der Waals surface area (Å²) in [6, 6.07) is 32.5. The third-order valence-corrected chi connectivity index (χ3v) is 9.38. The minimum atomic E-state index is -0.957. The van der Waals surface area contributed by atoms with Crippen LogP contribution in [0.15, 0.2) is 103 Å². The molecule has 1 atom stereocenters. The van der Waals surface area contributed by atoms with Gasteiger partial charge in [-0.2, -0.15) is 0 Å². The Morgan fingerprint density at radius 1 is 0.792 bits per heavy atom. The summed E-state index contributed by atoms with van der Waals surface area (Å²) in [7, 11) is 3.31. The molecule has 0 aromatic heterocycles. The molecule has 0 N–H and O–H groups in total. The van der Waals surface area contributed by atoms with Crippen LogP contribution in [-0.2, 0) is 30.3 Å². The van der Waals surface area contributed by atoms with Crippen LogP contribution in [0.2, 0.25) is 0 Å². The summed E-state index contributed by atoms with van der Waals surface area (Å²) in [4.78, 5) is 22.8. The average molecular weight is 641 g/mol. The molecule has 1 unspecified atom stereocenters. The first-order valence-corrected chi connectivity index (χ1v) is 16.0. The molecule has 1 heterocycles. The second-order valence-corrected chi connectivity index (χ2v) is 12.0. The zero-order valence-corrected chi connectivity index (χ0v) is 27.2. The maximum absolute atomic E-state index is 12.1. The summed E-state index contributed by atoms with van der Waals surface area (Å²) in [5.41, 5.74) is 5.21. The molecule has 48 heavy (non-hydrogen) atoms. The van der Waals surface area contributed by atoms with E-state index in [2.05, 4.69) is 43.3 Å². The lowest BCUT2D eigenvalue weighted by atomic mass is 9.80. The van der Waals surface area contributed by atoms with Crippen LogP contribution in [-0.4, -0.2) is 39.7 Å². The highest BCUT2D eigenvalue weighted by Gasteiger charge is 2.47. The second kappa shape index (κ2) is 12.7. The minimum absolute atomic E-state index is 0.0538. The van der Waals surface area contributed by atoms with E-state index in [0.29, 0.717) is 6.29 Å². The number of fused-ring (bicyclic) bond motifs is 8. The van der Waals surface area contributed by atoms with E-state index in [1.807, 2.05) is 72.8 Å². The summed E-state index contributed by atoms with van der Waals surface area (Å²) in [5.74, 6) is 1.84. The molecule has 7 heteroatoms. The maximum Gasteiger partial charge on any atom is 0.306 e. The lowest BCUT2D eigenvalue weighted by Crippen LogP contribution is -2.35. The Kier molecular flexibility index (Phi) is 8.23. The number of carbonyl (C=O) groups is 2. The Bertz CT molecular complexity index is 1980. The summed E-state index contributed by atoms with van der Waals surface area (Å²) < 4.78 is 30.4. The fraction of sp³-hybridized carbons (Fsp3) is 0.220. The summed E-state index contributed by atoms with van der Waals surface area (Å²) >= 11 is 0. The van der Waals surface area contributed by atoms with Gasteiger partial charge in [0, 0.05) is 34.1 Å². The van der Waals surface area contributed by atoms with Gasteiger partial charge in [0.15, 0.2) is 5.60 Å². The molecule has 0 saturated heterocycles. The van der Waals surface area contributed by atoms with Gasteiger partial charge < -0.3 is 28.5 Å². The molecule has 242 valence electrons. The van der Waals surface area contributed by atoms with Crippen LogP contribution < -0.4 is 14.2 Å². The fourth-order valence-corrected chi connectivity index (χ4v) is 7.07. The molecule has 5 aromatic carbocycles. The van der Waals surface area contributed by atoms with Gasteiger partial charge in [0.2, 0.25) is 0 Å². The largest absolute Gasteiger partial charge is 0.497 e. The Morgan fingerprint density at radius 3 is 2.06 bits per heavy atom. The van der Waals surface area contributed by atoms with Crippen molar-refractivity contribution in [3.63, 3.8) is 0 Å². The van der Waals surface area contributed by atoms with Gasteiger partial charge in [-0.25, -0.2) is 0 Å². The third kappa shape index (κ3) is 5.11. The number of hydrogen-bond acceptors (Lipinski definition) is 7. The first kappa shape index (κ1) is 31.2. The smallest absolute Gasteiger partial charge is 0.306 e. The predicted molar refractivity (Wildman–Crippen MR) is 184 cm³/mol. The van der Waals surface area contributed by atoms with Crippen LogP contribution in [0.3, 0.4) is 0 Å². The van der Waals surface area contributed by atoms with Crippen LogP contribution in [0.25, 0.3) is 28.0 Å². The van der Waals surface area contributed by atoms with E-state index >= 15 is 0 Å². The van der Waals surface area contributed by atoms with Crippen molar-refractivity contribution >= 4 is 29.1 Å². The highest BCUT2D eigenvalue weighted by atomic mass is 16.6. The third-order valence-electron chi connectivity index (χ3n) is 9.38. The van der Waals surface area contributed by atoms with Crippen LogP contribution in [0, 0.1) is 0 Å². The molecule has 0 radical (unpaired) electrons. The quantitative estimate of drug-likeness (QED) is 0.0823. The zero-order chi connectivity index (χ0) is 33.3. The monoisotopic (exact) mass is 640 g/mol. The van der Waals surface area contributed by atoms with E-state index in [4.69, 9.17) is 23.7 Å². The molecule has 7 rings (SSSR count). The molecule has 0 spiro atoms. The molecular formula is C41H36O7. The van der Waals surface area contributed by atoms with E-state index in [1.165, 1.54) is 0 Å². The molecule has 1 aliphatic heterocycles. The van der Waals surface area contributed by atoms with Crippen LogP contribution in [0.4, 0.5) is 0 Å². The summed E-state index contributed by atoms with van der Waals surface area (Å²) in [6.07, 6.45) is 5.18. The number of rotatable bonds is 11. The van der Waals surface area contributed by atoms with Gasteiger partial charge >= 0.3 is 5.97 Å². The predicted octanol–water partition coefficient (Wildman–Crippen LogP) is 7.99. The normalized spacial score (nSPS) is 16.7. The van der Waals surface area contributed by atoms with Crippen LogP contribution >= 0.6 is 0 Å². The molecule has 0 fully saturated rings. The van der Waals surface area contributed by atoms with E-state index in [9.17, 15) is 9.59 Å². The van der Waals surface area contributed by atoms with Crippen molar-refractivity contribution in [3.05, 3.63) is 131 Å². The number of methoxy groups -OCH3 is 2. The first-order valence-electron chi connectivity index (χ1n) is 16.0. The van der Waals surface area contributed by atoms with Crippen molar-refractivity contribution in [1.82, 2.24) is 0 Å². The van der Waals surface area contributed by atoms with Crippen LogP contribution in [0.1, 0.15) is 47.6 Å². The van der Waals surface area contributed by atoms with E-state index in [0.717, 1.165) is 67.0 Å². The number of carbonyl (C=O) groups excluding carboxylic acids is 2. The van der Waals surface area contributed by atoms with E-state index in [-0.39, 0.29) is 26.1 Å². The van der Waals surface area contributed by atoms with Gasteiger partial charge in [-0.05, 0) is 59.3 Å². The number of hydrogen-bond donors (Lipinski definition) is 0. The molecule has 7 nitrogen and oxygen atoms in total. The van der Waals surface area contributed by atoms with Gasteiger partial charge in [-0.1, -0.05) is 78.9 Å². The molecular weight excluding hydrogens is 604 g/mol. The second-order valence-electron chi connectivity index (χ2n) is 12.0. The molecule has 5 aromatic rings. The van der Waals surface area contributed by atoms with Crippen molar-refractivity contribution < 1.29 is 33.3 Å². The van der Waals surface area contributed by atoms with E-state index in [1.54, 1.807) is 14.2 Å². The summed E-state index contributed by atoms with van der Waals surface area (Å²) in [5, 5.41) is 2.05. The highest BCUT2D eigenvalue weighted by Crippen LogP contribution is 2.58. The first-order chi connectivity index (χ1) is 23.4. The van der Waals surface area contributed by atoms with Gasteiger partial charge in [0.25, 0.3) is 0 Å². The number of aldehydes is 1. The fourth-order valence-electron chi connectivity index (χ4n) is 7.07. The molecule has 0 saturated carbocycles. The van der Waals surface area contributed by atoms with Crippen molar-refractivity contribution in [2.24, 2.45) is 0 Å². The van der Waals surface area contributed by atoms with Gasteiger partial charge in [0.1, 0.15) is 35.7 Å². The number of ether oxygens (including phenoxy) is 5. The van der Waals surface area contributed by atoms with Crippen molar-refractivity contribution in [2.75, 3.05) is 27.4 Å². The molecule has 0 amide bonds. The number of esters is 1.